The van der Waals surface area contributed by atoms with E-state index in [1.54, 1.807) is 6.92 Å². The van der Waals surface area contributed by atoms with Crippen molar-refractivity contribution in [2.24, 2.45) is 0 Å². The Morgan fingerprint density at radius 2 is 2.29 bits per heavy atom. The number of carbonyl (C=O) groups is 3. The van der Waals surface area contributed by atoms with E-state index < -0.39 is 48.2 Å². The van der Waals surface area contributed by atoms with E-state index in [0.717, 1.165) is 0 Å². The highest BCUT2D eigenvalue weighted by molar-refractivity contribution is 6.03. The third-order valence-electron chi connectivity index (χ3n) is 3.89. The largest absolute Gasteiger partial charge is 0.463 e. The molecule has 21 heavy (non-hydrogen) atoms. The summed E-state index contributed by atoms with van der Waals surface area (Å²) in [5.41, 5.74) is -1.06. The average molecular weight is 300 g/mol. The summed E-state index contributed by atoms with van der Waals surface area (Å²) < 4.78 is 15.7. The van der Waals surface area contributed by atoms with Gasteiger partial charge in [-0.2, -0.15) is 0 Å². The maximum absolute atomic E-state index is 11.9. The third-order valence-corrected chi connectivity index (χ3v) is 3.89. The van der Waals surface area contributed by atoms with Gasteiger partial charge in [-0.05, 0) is 6.92 Å². The lowest BCUT2D eigenvalue weighted by molar-refractivity contribution is -0.149. The molecule has 0 saturated carbocycles. The van der Waals surface area contributed by atoms with Crippen LogP contribution in [0.3, 0.4) is 0 Å². The van der Waals surface area contributed by atoms with Crippen molar-refractivity contribution in [2.75, 3.05) is 6.61 Å². The molecule has 3 heterocycles. The highest BCUT2D eigenvalue weighted by atomic mass is 16.7. The van der Waals surface area contributed by atoms with Crippen LogP contribution in [0.25, 0.3) is 0 Å². The van der Waals surface area contributed by atoms with Crippen LogP contribution < -0.4 is 5.32 Å². The number of urea groups is 1. The zero-order valence-electron chi connectivity index (χ0n) is 11.6. The summed E-state index contributed by atoms with van der Waals surface area (Å²) in [4.78, 5) is 35.6. The summed E-state index contributed by atoms with van der Waals surface area (Å²) in [7, 11) is 0. The van der Waals surface area contributed by atoms with Gasteiger partial charge in [0.15, 0.2) is 11.8 Å². The van der Waals surface area contributed by atoms with Crippen LogP contribution in [0.1, 0.15) is 20.3 Å². The molecule has 3 amide bonds. The number of rotatable bonds is 3. The molecule has 3 rings (SSSR count). The summed E-state index contributed by atoms with van der Waals surface area (Å²) in [5.74, 6) is -0.961. The molecular weight excluding hydrogens is 284 g/mol. The number of carbonyl (C=O) groups excluding carboxylic acids is 3. The number of aliphatic hydroxyl groups is 1. The van der Waals surface area contributed by atoms with E-state index in [-0.39, 0.29) is 13.0 Å². The number of amides is 3. The fourth-order valence-electron chi connectivity index (χ4n) is 2.60. The van der Waals surface area contributed by atoms with E-state index in [0.29, 0.717) is 0 Å². The molecule has 3 saturated heterocycles. The molecule has 0 bridgehead atoms. The van der Waals surface area contributed by atoms with Gasteiger partial charge in [-0.3, -0.25) is 19.8 Å². The number of imide groups is 1. The lowest BCUT2D eigenvalue weighted by Crippen LogP contribution is -2.59. The van der Waals surface area contributed by atoms with Gasteiger partial charge in [0.05, 0.1) is 6.10 Å². The van der Waals surface area contributed by atoms with Crippen LogP contribution >= 0.6 is 0 Å². The van der Waals surface area contributed by atoms with E-state index in [9.17, 15) is 19.5 Å². The fraction of sp³-hybridized carbons (Fsp3) is 0.750. The molecule has 0 spiro atoms. The number of hydrogen-bond donors (Lipinski definition) is 2. The van der Waals surface area contributed by atoms with Crippen molar-refractivity contribution in [2.45, 2.75) is 50.5 Å². The molecule has 0 aromatic carbocycles. The molecule has 0 aromatic heterocycles. The highest BCUT2D eigenvalue weighted by Crippen LogP contribution is 2.44. The van der Waals surface area contributed by atoms with E-state index >= 15 is 0 Å². The van der Waals surface area contributed by atoms with Crippen LogP contribution in [-0.4, -0.2) is 64.8 Å². The summed E-state index contributed by atoms with van der Waals surface area (Å²) in [6, 6.07) is -0.620. The van der Waals surface area contributed by atoms with Crippen LogP contribution in [0.4, 0.5) is 4.79 Å². The first kappa shape index (κ1) is 14.2. The maximum atomic E-state index is 11.9. The lowest BCUT2D eigenvalue weighted by Gasteiger charge is -2.30. The summed E-state index contributed by atoms with van der Waals surface area (Å²) in [5, 5.41) is 12.1. The Hall–Kier alpha value is -1.71. The summed E-state index contributed by atoms with van der Waals surface area (Å²) >= 11 is 0. The average Bonchev–Trinajstić information content (AvgIpc) is 2.93. The zero-order valence-corrected chi connectivity index (χ0v) is 11.6. The van der Waals surface area contributed by atoms with Gasteiger partial charge < -0.3 is 19.3 Å². The minimum absolute atomic E-state index is 0.0931. The molecule has 0 aromatic rings. The van der Waals surface area contributed by atoms with Crippen LogP contribution in [0, 0.1) is 0 Å². The Morgan fingerprint density at radius 3 is 2.95 bits per heavy atom. The molecule has 3 fully saturated rings. The number of aliphatic hydroxyl groups excluding tert-OH is 1. The van der Waals surface area contributed by atoms with Crippen LogP contribution in [0.5, 0.6) is 0 Å². The van der Waals surface area contributed by atoms with Gasteiger partial charge in [-0.25, -0.2) is 4.79 Å². The number of nitrogens with one attached hydrogen (secondary N) is 1. The number of ether oxygens (including phenoxy) is 3. The summed E-state index contributed by atoms with van der Waals surface area (Å²) in [6.07, 6.45) is -2.85. The van der Waals surface area contributed by atoms with E-state index in [1.165, 1.54) is 11.8 Å². The van der Waals surface area contributed by atoms with Crippen molar-refractivity contribution in [3.63, 3.8) is 0 Å². The van der Waals surface area contributed by atoms with Crippen molar-refractivity contribution >= 4 is 17.9 Å². The molecule has 3 aliphatic heterocycles. The number of hydrogen-bond acceptors (Lipinski definition) is 7. The van der Waals surface area contributed by atoms with Crippen LogP contribution in [0.2, 0.25) is 0 Å². The highest BCUT2D eigenvalue weighted by Gasteiger charge is 2.68. The standard InChI is InChI=1S/C12H16N2O7/c1-5(15)19-4-7-6(16)3-8(20-7)14-10-12(2,21-10)9(17)13-11(14)18/h6-8,10,16H,3-4H2,1-2H3,(H,13,17,18)/t6-,7+,8+,10-,12-/m0/s1. The number of fused-ring (bicyclic) bond motifs is 1. The molecule has 2 N–H and O–H groups in total. The maximum Gasteiger partial charge on any atom is 0.328 e. The first-order chi connectivity index (χ1) is 9.83. The molecule has 9 heteroatoms. The Labute approximate surface area is 120 Å². The van der Waals surface area contributed by atoms with Gasteiger partial charge in [0, 0.05) is 13.3 Å². The minimum atomic E-state index is -1.06. The number of esters is 1. The topological polar surface area (TPSA) is 118 Å². The zero-order chi connectivity index (χ0) is 15.4. The van der Waals surface area contributed by atoms with E-state index in [2.05, 4.69) is 5.32 Å². The molecule has 0 unspecified atom stereocenters. The normalized spacial score (nSPS) is 41.6. The predicted octanol–water partition coefficient (Wildman–Crippen LogP) is -1.31. The predicted molar refractivity (Wildman–Crippen MR) is 64.6 cm³/mol. The fourth-order valence-corrected chi connectivity index (χ4v) is 2.60. The van der Waals surface area contributed by atoms with Crippen molar-refractivity contribution in [3.8, 4) is 0 Å². The molecule has 3 aliphatic rings. The Morgan fingerprint density at radius 1 is 1.57 bits per heavy atom. The van der Waals surface area contributed by atoms with Crippen molar-refractivity contribution in [3.05, 3.63) is 0 Å². The quantitative estimate of drug-likeness (QED) is 0.491. The lowest BCUT2D eigenvalue weighted by atomic mass is 10.1. The van der Waals surface area contributed by atoms with Gasteiger partial charge in [0.1, 0.15) is 18.9 Å². The molecule has 0 aliphatic carbocycles. The first-order valence-electron chi connectivity index (χ1n) is 6.61. The van der Waals surface area contributed by atoms with Gasteiger partial charge in [-0.15, -0.1) is 0 Å². The van der Waals surface area contributed by atoms with Gasteiger partial charge in [-0.1, -0.05) is 0 Å². The molecular formula is C12H16N2O7. The van der Waals surface area contributed by atoms with Crippen LogP contribution in [0.15, 0.2) is 0 Å². The van der Waals surface area contributed by atoms with Crippen molar-refractivity contribution < 1.29 is 33.7 Å². The Kier molecular flexibility index (Phi) is 3.15. The van der Waals surface area contributed by atoms with Gasteiger partial charge in [0.2, 0.25) is 0 Å². The van der Waals surface area contributed by atoms with E-state index in [4.69, 9.17) is 14.2 Å². The Bertz CT molecular complexity index is 510. The third kappa shape index (κ3) is 2.27. The molecule has 5 atom stereocenters. The van der Waals surface area contributed by atoms with E-state index in [1.807, 2.05) is 0 Å². The second-order valence-electron chi connectivity index (χ2n) is 5.48. The second-order valence-corrected chi connectivity index (χ2v) is 5.48. The minimum Gasteiger partial charge on any atom is -0.463 e. The monoisotopic (exact) mass is 300 g/mol. The van der Waals surface area contributed by atoms with Gasteiger partial charge in [0.25, 0.3) is 5.91 Å². The SMILES string of the molecule is CC(=O)OC[C@H]1O[C@@H](N2C(=O)NC(=O)[C@]3(C)O[C@H]23)C[C@@H]1O. The Balaban J connectivity index is 1.67. The number of epoxide rings is 1. The smallest absolute Gasteiger partial charge is 0.328 e. The van der Waals surface area contributed by atoms with Gasteiger partial charge >= 0.3 is 12.0 Å². The molecule has 116 valence electrons. The second kappa shape index (κ2) is 4.65. The van der Waals surface area contributed by atoms with Crippen LogP contribution in [-0.2, 0) is 23.8 Å². The molecule has 0 radical (unpaired) electrons. The van der Waals surface area contributed by atoms with Crippen molar-refractivity contribution in [1.29, 1.82) is 0 Å². The summed E-state index contributed by atoms with van der Waals surface area (Å²) in [6.45, 7) is 2.74. The van der Waals surface area contributed by atoms with Crippen molar-refractivity contribution in [1.82, 2.24) is 10.2 Å². The number of nitrogens with zero attached hydrogens (tertiary/aromatic N) is 1. The first-order valence-corrected chi connectivity index (χ1v) is 6.61. The molecule has 9 nitrogen and oxygen atoms in total.